The molecule has 0 aromatic carbocycles. The van der Waals surface area contributed by atoms with E-state index in [0.29, 0.717) is 25.3 Å². The lowest BCUT2D eigenvalue weighted by Crippen LogP contribution is -2.35. The zero-order valence-corrected chi connectivity index (χ0v) is 20.7. The van der Waals surface area contributed by atoms with Crippen molar-refractivity contribution < 1.29 is 29.1 Å². The molecule has 0 atom stereocenters. The summed E-state index contributed by atoms with van der Waals surface area (Å²) in [5, 5.41) is 9.03. The molecular formula is C23H45N2O6P. The van der Waals surface area contributed by atoms with Crippen LogP contribution in [0.1, 0.15) is 96.8 Å². The smallest absolute Gasteiger partial charge is 0.395 e. The number of aliphatic hydroxyl groups is 1. The van der Waals surface area contributed by atoms with Gasteiger partial charge in [-0.2, -0.15) is 0 Å². The minimum absolute atomic E-state index is 0.0830. The second-order valence-electron chi connectivity index (χ2n) is 8.19. The maximum absolute atomic E-state index is 12.2. The number of aliphatic imine (C=N–C) groups is 1. The predicted molar refractivity (Wildman–Crippen MR) is 130 cm³/mol. The Morgan fingerprint density at radius 1 is 0.938 bits per heavy atom. The van der Waals surface area contributed by atoms with Crippen LogP contribution in [0.25, 0.3) is 0 Å². The van der Waals surface area contributed by atoms with Crippen molar-refractivity contribution in [3.8, 4) is 0 Å². The average Bonchev–Trinajstić information content (AvgIpc) is 3.18. The van der Waals surface area contributed by atoms with Crippen LogP contribution in [0.2, 0.25) is 0 Å². The van der Waals surface area contributed by atoms with Gasteiger partial charge in [0.05, 0.1) is 13.2 Å². The number of nitrogens with zero attached hydrogens (tertiary/aromatic N) is 2. The van der Waals surface area contributed by atoms with E-state index in [9.17, 15) is 4.79 Å². The third-order valence-electron chi connectivity index (χ3n) is 5.22. The van der Waals surface area contributed by atoms with E-state index in [-0.39, 0.29) is 12.4 Å². The lowest BCUT2D eigenvalue weighted by atomic mass is 10.1. The van der Waals surface area contributed by atoms with E-state index in [1.54, 1.807) is 0 Å². The van der Waals surface area contributed by atoms with Crippen molar-refractivity contribution >= 4 is 19.4 Å². The minimum Gasteiger partial charge on any atom is -0.395 e. The van der Waals surface area contributed by atoms with Crippen molar-refractivity contribution in [2.24, 2.45) is 4.99 Å². The Kier molecular flexibility index (Phi) is 19.9. The van der Waals surface area contributed by atoms with Crippen molar-refractivity contribution in [2.75, 3.05) is 26.2 Å². The Morgan fingerprint density at radius 2 is 1.44 bits per heavy atom. The van der Waals surface area contributed by atoms with E-state index in [1.807, 2.05) is 4.90 Å². The van der Waals surface area contributed by atoms with Gasteiger partial charge >= 0.3 is 7.82 Å². The molecule has 0 saturated heterocycles. The fraction of sp³-hybridized carbons (Fsp3) is 0.826. The van der Waals surface area contributed by atoms with E-state index in [4.69, 9.17) is 24.4 Å². The number of rotatable bonds is 18. The highest BCUT2D eigenvalue weighted by Crippen LogP contribution is 2.25. The van der Waals surface area contributed by atoms with Gasteiger partial charge in [0.25, 0.3) is 0 Å². The molecular weight excluding hydrogens is 431 g/mol. The Hall–Kier alpha value is -1.05. The van der Waals surface area contributed by atoms with Gasteiger partial charge in [-0.15, -0.1) is 0 Å². The van der Waals surface area contributed by atoms with Crippen LogP contribution in [0.5, 0.6) is 0 Å². The summed E-state index contributed by atoms with van der Waals surface area (Å²) in [6.07, 6.45) is 21.8. The molecule has 0 fully saturated rings. The highest BCUT2D eigenvalue weighted by atomic mass is 31.2. The quantitative estimate of drug-likeness (QED) is 0.131. The molecule has 0 spiro atoms. The normalized spacial score (nSPS) is 13.9. The number of hydrogen-bond acceptors (Lipinski definition) is 5. The summed E-state index contributed by atoms with van der Waals surface area (Å²) in [7, 11) is -4.64. The van der Waals surface area contributed by atoms with Gasteiger partial charge < -0.3 is 24.7 Å². The maximum atomic E-state index is 12.2. The predicted octanol–water partition coefficient (Wildman–Crippen LogP) is 4.37. The number of aliphatic hydroxyl groups excluding tert-OH is 1. The Balaban J connectivity index is 0.00000172. The summed E-state index contributed by atoms with van der Waals surface area (Å²) in [5.41, 5.74) is 0. The summed E-state index contributed by atoms with van der Waals surface area (Å²) in [5.74, 6) is 0.748. The zero-order chi connectivity index (χ0) is 24.1. The molecule has 4 N–H and O–H groups in total. The first kappa shape index (κ1) is 30.9. The van der Waals surface area contributed by atoms with Crippen LogP contribution in [0.15, 0.2) is 17.1 Å². The number of ketones is 1. The van der Waals surface area contributed by atoms with Crippen LogP contribution < -0.4 is 0 Å². The number of carbonyl (C=O) groups excluding carboxylic acids is 1. The summed E-state index contributed by atoms with van der Waals surface area (Å²) >= 11 is 0. The summed E-state index contributed by atoms with van der Waals surface area (Å²) in [4.78, 5) is 40.0. The van der Waals surface area contributed by atoms with Crippen molar-refractivity contribution in [3.63, 3.8) is 0 Å². The first-order valence-electron chi connectivity index (χ1n) is 12.2. The Labute approximate surface area is 194 Å². The van der Waals surface area contributed by atoms with Gasteiger partial charge in [0.1, 0.15) is 0 Å². The van der Waals surface area contributed by atoms with E-state index >= 15 is 0 Å². The van der Waals surface area contributed by atoms with Crippen LogP contribution in [0.3, 0.4) is 0 Å². The summed E-state index contributed by atoms with van der Waals surface area (Å²) < 4.78 is 8.88. The molecule has 0 saturated carbocycles. The van der Waals surface area contributed by atoms with Gasteiger partial charge in [-0.05, 0) is 32.1 Å². The molecule has 0 aromatic rings. The molecule has 1 rings (SSSR count). The molecule has 1 aliphatic rings. The third kappa shape index (κ3) is 20.8. The van der Waals surface area contributed by atoms with Gasteiger partial charge in [0.15, 0.2) is 11.6 Å². The second-order valence-corrected chi connectivity index (χ2v) is 9.21. The van der Waals surface area contributed by atoms with Gasteiger partial charge in [-0.1, -0.05) is 70.4 Å². The van der Waals surface area contributed by atoms with Crippen LogP contribution in [0.4, 0.5) is 0 Å². The molecule has 188 valence electrons. The van der Waals surface area contributed by atoms with Crippen LogP contribution in [0, 0.1) is 0 Å². The number of Topliss-reactive ketones (excluding diaryl/α,β-unsaturated/α-hetero) is 1. The molecule has 0 aromatic heterocycles. The van der Waals surface area contributed by atoms with E-state index in [1.165, 1.54) is 70.6 Å². The molecule has 0 radical (unpaired) electrons. The molecule has 0 unspecified atom stereocenters. The largest absolute Gasteiger partial charge is 0.466 e. The van der Waals surface area contributed by atoms with Gasteiger partial charge in [-0.25, -0.2) is 4.57 Å². The van der Waals surface area contributed by atoms with Gasteiger partial charge in [0, 0.05) is 19.5 Å². The highest BCUT2D eigenvalue weighted by molar-refractivity contribution is 7.45. The molecule has 1 aliphatic heterocycles. The summed E-state index contributed by atoms with van der Waals surface area (Å²) in [6, 6.07) is 0. The Morgan fingerprint density at radius 3 is 1.97 bits per heavy atom. The standard InChI is InChI=1S/C23H42N2O2.H3O4P/c1-2-3-4-5-6-7-8-9-10-11-12-13-14-15-16-17-22(27)23-24-18-19-25(23)20-21-26;1-5(2,3)4/h9-10,26H,2-8,11-21H2,1H3;(H3,1,2,3,4). The van der Waals surface area contributed by atoms with E-state index in [0.717, 1.165) is 19.4 Å². The second kappa shape index (κ2) is 20.5. The molecule has 8 nitrogen and oxygen atoms in total. The number of amidine groups is 1. The topological polar surface area (TPSA) is 131 Å². The monoisotopic (exact) mass is 476 g/mol. The number of phosphoric acid groups is 1. The lowest BCUT2D eigenvalue weighted by Gasteiger charge is -2.17. The molecule has 1 heterocycles. The number of carbonyl (C=O) groups is 1. The van der Waals surface area contributed by atoms with Crippen LogP contribution >= 0.6 is 7.82 Å². The maximum Gasteiger partial charge on any atom is 0.466 e. The average molecular weight is 477 g/mol. The van der Waals surface area contributed by atoms with Gasteiger partial charge in [-0.3, -0.25) is 9.79 Å². The van der Waals surface area contributed by atoms with Gasteiger partial charge in [0.2, 0.25) is 0 Å². The van der Waals surface area contributed by atoms with Crippen molar-refractivity contribution in [3.05, 3.63) is 12.2 Å². The number of hydrogen-bond donors (Lipinski definition) is 4. The minimum atomic E-state index is -4.64. The number of unbranched alkanes of at least 4 members (excludes halogenated alkanes) is 11. The first-order valence-corrected chi connectivity index (χ1v) is 13.7. The van der Waals surface area contributed by atoms with Crippen molar-refractivity contribution in [2.45, 2.75) is 96.8 Å². The van der Waals surface area contributed by atoms with E-state index in [2.05, 4.69) is 24.1 Å². The van der Waals surface area contributed by atoms with Crippen LogP contribution in [-0.4, -0.2) is 62.5 Å². The third-order valence-corrected chi connectivity index (χ3v) is 5.22. The van der Waals surface area contributed by atoms with Crippen LogP contribution in [-0.2, 0) is 9.36 Å². The SMILES string of the molecule is CCCCCCCCC=CCCCCCCCC(=O)C1=NCCN1CCO.O=P(O)(O)O. The summed E-state index contributed by atoms with van der Waals surface area (Å²) in [6.45, 7) is 4.33. The number of allylic oxidation sites excluding steroid dienone is 2. The number of β-amino-alcohol motifs (C(OH)–C–C–N with tert-alkyl or cyclic N) is 1. The fourth-order valence-electron chi connectivity index (χ4n) is 3.55. The lowest BCUT2D eigenvalue weighted by molar-refractivity contribution is -0.113. The van der Waals surface area contributed by atoms with Crippen molar-refractivity contribution in [1.29, 1.82) is 0 Å². The zero-order valence-electron chi connectivity index (χ0n) is 19.8. The molecule has 9 heteroatoms. The molecule has 0 aliphatic carbocycles. The molecule has 32 heavy (non-hydrogen) atoms. The van der Waals surface area contributed by atoms with Crippen molar-refractivity contribution in [1.82, 2.24) is 4.90 Å². The molecule has 0 amide bonds. The first-order chi connectivity index (χ1) is 15.3. The fourth-order valence-corrected chi connectivity index (χ4v) is 3.55. The Bertz CT molecular complexity index is 569. The highest BCUT2D eigenvalue weighted by Gasteiger charge is 2.22. The molecule has 0 bridgehead atoms. The van der Waals surface area contributed by atoms with E-state index < -0.39 is 7.82 Å².